The normalized spacial score (nSPS) is 19.9. The molecule has 1 saturated heterocycles. The first-order valence-electron chi connectivity index (χ1n) is 11.8. The summed E-state index contributed by atoms with van der Waals surface area (Å²) in [6.07, 6.45) is 8.15. The van der Waals surface area contributed by atoms with Crippen molar-refractivity contribution in [3.8, 4) is 5.75 Å². The first kappa shape index (κ1) is 26.7. The van der Waals surface area contributed by atoms with Gasteiger partial charge in [-0.3, -0.25) is 9.79 Å². The molecule has 1 amide bonds. The van der Waals surface area contributed by atoms with E-state index in [2.05, 4.69) is 45.6 Å². The Bertz CT molecular complexity index is 752. The van der Waals surface area contributed by atoms with Crippen LogP contribution in [0, 0.1) is 12.8 Å². The van der Waals surface area contributed by atoms with Crippen LogP contribution < -0.4 is 21.1 Å². The van der Waals surface area contributed by atoms with E-state index in [9.17, 15) is 4.79 Å². The Labute approximate surface area is 210 Å². The Balaban J connectivity index is 0.00000363. The number of aliphatic imine (C=N–C) groups is 1. The lowest BCUT2D eigenvalue weighted by molar-refractivity contribution is -0.123. The smallest absolute Gasteiger partial charge is 0.221 e. The topological polar surface area (TPSA) is 92.0 Å². The van der Waals surface area contributed by atoms with E-state index < -0.39 is 0 Å². The highest BCUT2D eigenvalue weighted by molar-refractivity contribution is 14.0. The summed E-state index contributed by atoms with van der Waals surface area (Å²) >= 11 is 0. The highest BCUT2D eigenvalue weighted by atomic mass is 127. The van der Waals surface area contributed by atoms with Crippen LogP contribution in [0.15, 0.2) is 23.2 Å². The number of carbonyl (C=O) groups excluding carboxylic acids is 1. The number of ether oxygens (including phenoxy) is 1. The van der Waals surface area contributed by atoms with Crippen molar-refractivity contribution >= 4 is 35.8 Å². The van der Waals surface area contributed by atoms with Crippen molar-refractivity contribution in [3.05, 3.63) is 29.3 Å². The molecule has 180 valence electrons. The molecule has 4 N–H and O–H groups in total. The summed E-state index contributed by atoms with van der Waals surface area (Å²) < 4.78 is 6.31. The number of amides is 1. The largest absolute Gasteiger partial charge is 0.490 e. The molecule has 1 saturated carbocycles. The zero-order chi connectivity index (χ0) is 22.1. The van der Waals surface area contributed by atoms with Crippen molar-refractivity contribution in [1.82, 2.24) is 15.5 Å². The first-order valence-corrected chi connectivity index (χ1v) is 11.8. The van der Waals surface area contributed by atoms with Gasteiger partial charge in [0.25, 0.3) is 0 Å². The molecule has 1 heterocycles. The molecule has 32 heavy (non-hydrogen) atoms. The second-order valence-electron chi connectivity index (χ2n) is 8.88. The maximum Gasteiger partial charge on any atom is 0.221 e. The molecule has 1 unspecified atom stereocenters. The fourth-order valence-electron chi connectivity index (χ4n) is 4.50. The summed E-state index contributed by atoms with van der Waals surface area (Å²) in [5.41, 5.74) is 7.85. The van der Waals surface area contributed by atoms with Gasteiger partial charge in [0.2, 0.25) is 5.91 Å². The van der Waals surface area contributed by atoms with Crippen LogP contribution in [0.1, 0.15) is 56.1 Å². The number of likely N-dealkylation sites (tertiary alicyclic amines) is 1. The van der Waals surface area contributed by atoms with Crippen molar-refractivity contribution < 1.29 is 9.53 Å². The van der Waals surface area contributed by atoms with Crippen LogP contribution in [0.3, 0.4) is 0 Å². The van der Waals surface area contributed by atoms with E-state index in [0.29, 0.717) is 12.6 Å². The number of rotatable bonds is 9. The molecule has 0 spiro atoms. The first-order chi connectivity index (χ1) is 15.0. The third-order valence-electron chi connectivity index (χ3n) is 6.34. The quantitative estimate of drug-likeness (QED) is 0.188. The molecule has 1 aliphatic carbocycles. The van der Waals surface area contributed by atoms with Crippen molar-refractivity contribution in [2.75, 3.05) is 33.2 Å². The molecular formula is C24H40IN5O2. The number of carbonyl (C=O) groups is 1. The number of nitrogens with two attached hydrogens (primary N) is 1. The predicted octanol–water partition coefficient (Wildman–Crippen LogP) is 3.19. The molecule has 3 rings (SSSR count). The summed E-state index contributed by atoms with van der Waals surface area (Å²) in [6, 6.07) is 6.42. The van der Waals surface area contributed by atoms with Gasteiger partial charge < -0.3 is 26.0 Å². The van der Waals surface area contributed by atoms with Gasteiger partial charge in [-0.05, 0) is 76.6 Å². The van der Waals surface area contributed by atoms with Crippen LogP contribution in [0.4, 0.5) is 0 Å². The zero-order valence-corrected chi connectivity index (χ0v) is 21.9. The third-order valence-corrected chi connectivity index (χ3v) is 6.34. The second-order valence-corrected chi connectivity index (χ2v) is 8.88. The standard InChI is InChI=1S/C24H39N5O2.HI/c1-18-10-11-19(22(15-18)31-21-8-3-4-9-21)16-28-24(26-2)27-12-6-14-29-13-5-7-20(17-29)23(25)30;/h10-11,15,20-21H,3-9,12-14,16-17H2,1-2H3,(H2,25,30)(H2,26,27,28);1H. The van der Waals surface area contributed by atoms with Crippen LogP contribution >= 0.6 is 24.0 Å². The van der Waals surface area contributed by atoms with Crippen LogP contribution in [0.5, 0.6) is 5.75 Å². The van der Waals surface area contributed by atoms with Crippen LogP contribution in [-0.4, -0.2) is 56.1 Å². The number of aryl methyl sites for hydroxylation is 1. The minimum Gasteiger partial charge on any atom is -0.490 e. The Morgan fingerprint density at radius 1 is 1.22 bits per heavy atom. The average Bonchev–Trinajstić information content (AvgIpc) is 3.27. The molecule has 0 aromatic heterocycles. The SMILES string of the molecule is CN=C(NCCCN1CCCC(C(N)=O)C1)NCc1ccc(C)cc1OC1CCCC1.I. The number of primary amides is 1. The number of nitrogens with zero attached hydrogens (tertiary/aromatic N) is 2. The molecule has 7 nitrogen and oxygen atoms in total. The molecule has 1 aromatic rings. The van der Waals surface area contributed by atoms with Gasteiger partial charge in [-0.15, -0.1) is 24.0 Å². The predicted molar refractivity (Wildman–Crippen MR) is 141 cm³/mol. The summed E-state index contributed by atoms with van der Waals surface area (Å²) in [6.45, 7) is 6.41. The Morgan fingerprint density at radius 2 is 2.00 bits per heavy atom. The van der Waals surface area contributed by atoms with E-state index >= 15 is 0 Å². The van der Waals surface area contributed by atoms with Crippen molar-refractivity contribution in [2.24, 2.45) is 16.6 Å². The van der Waals surface area contributed by atoms with Gasteiger partial charge in [0, 0.05) is 32.2 Å². The lowest BCUT2D eigenvalue weighted by atomic mass is 9.97. The van der Waals surface area contributed by atoms with E-state index in [1.54, 1.807) is 7.05 Å². The van der Waals surface area contributed by atoms with Crippen LogP contribution in [-0.2, 0) is 11.3 Å². The van der Waals surface area contributed by atoms with Gasteiger partial charge in [-0.2, -0.15) is 0 Å². The van der Waals surface area contributed by atoms with Crippen LogP contribution in [0.25, 0.3) is 0 Å². The van der Waals surface area contributed by atoms with Gasteiger partial charge >= 0.3 is 0 Å². The van der Waals surface area contributed by atoms with Crippen molar-refractivity contribution in [3.63, 3.8) is 0 Å². The van der Waals surface area contributed by atoms with E-state index in [1.165, 1.54) is 18.4 Å². The van der Waals surface area contributed by atoms with Crippen molar-refractivity contribution in [1.29, 1.82) is 0 Å². The van der Waals surface area contributed by atoms with E-state index in [4.69, 9.17) is 10.5 Å². The molecule has 2 fully saturated rings. The highest BCUT2D eigenvalue weighted by Crippen LogP contribution is 2.27. The number of guanidine groups is 1. The number of piperidine rings is 1. The number of hydrogen-bond acceptors (Lipinski definition) is 4. The van der Waals surface area contributed by atoms with Gasteiger partial charge in [-0.25, -0.2) is 0 Å². The third kappa shape index (κ3) is 8.42. The lowest BCUT2D eigenvalue weighted by Crippen LogP contribution is -2.42. The second kappa shape index (κ2) is 13.9. The highest BCUT2D eigenvalue weighted by Gasteiger charge is 2.23. The summed E-state index contributed by atoms with van der Waals surface area (Å²) in [4.78, 5) is 18.1. The van der Waals surface area contributed by atoms with Gasteiger partial charge in [0.05, 0.1) is 12.0 Å². The molecule has 1 atom stereocenters. The van der Waals surface area contributed by atoms with Gasteiger partial charge in [0.1, 0.15) is 5.75 Å². The average molecular weight is 558 g/mol. The van der Waals surface area contributed by atoms with Gasteiger partial charge in [-0.1, -0.05) is 12.1 Å². The fourth-order valence-corrected chi connectivity index (χ4v) is 4.50. The molecule has 8 heteroatoms. The molecule has 1 aliphatic heterocycles. The molecule has 0 bridgehead atoms. The minimum atomic E-state index is -0.167. The van der Waals surface area contributed by atoms with Crippen molar-refractivity contribution in [2.45, 2.75) is 64.5 Å². The van der Waals surface area contributed by atoms with E-state index in [0.717, 1.165) is 75.6 Å². The Morgan fingerprint density at radius 3 is 2.72 bits per heavy atom. The van der Waals surface area contributed by atoms with Crippen LogP contribution in [0.2, 0.25) is 0 Å². The number of halogens is 1. The molecule has 2 aliphatic rings. The van der Waals surface area contributed by atoms with Gasteiger partial charge in [0.15, 0.2) is 5.96 Å². The zero-order valence-electron chi connectivity index (χ0n) is 19.6. The fraction of sp³-hybridized carbons (Fsp3) is 0.667. The lowest BCUT2D eigenvalue weighted by Gasteiger charge is -2.31. The maximum atomic E-state index is 11.4. The molecule has 0 radical (unpaired) electrons. The van der Waals surface area contributed by atoms with E-state index in [-0.39, 0.29) is 35.8 Å². The minimum absolute atomic E-state index is 0. The van der Waals surface area contributed by atoms with E-state index in [1.807, 2.05) is 0 Å². The maximum absolute atomic E-state index is 11.4. The number of benzene rings is 1. The number of nitrogens with one attached hydrogen (secondary N) is 2. The summed E-state index contributed by atoms with van der Waals surface area (Å²) in [5.74, 6) is 1.62. The molecule has 1 aromatic carbocycles. The summed E-state index contributed by atoms with van der Waals surface area (Å²) in [5, 5.41) is 6.81. The monoisotopic (exact) mass is 557 g/mol. The Kier molecular flexibility index (Phi) is 11.6. The number of hydrogen-bond donors (Lipinski definition) is 3. The molecular weight excluding hydrogens is 517 g/mol. The Hall–Kier alpha value is -1.55. The summed E-state index contributed by atoms with van der Waals surface area (Å²) in [7, 11) is 1.79.